The summed E-state index contributed by atoms with van der Waals surface area (Å²) in [5.74, 6) is 2.71. The van der Waals surface area contributed by atoms with Crippen LogP contribution in [-0.4, -0.2) is 41.1 Å². The minimum Gasteiger partial charge on any atom is -0.354 e. The Hall–Kier alpha value is -1.59. The highest BCUT2D eigenvalue weighted by atomic mass is 15.3. The summed E-state index contributed by atoms with van der Waals surface area (Å²) in [5.41, 5.74) is 0. The molecule has 1 aromatic rings. The topological polar surface area (TPSA) is 66.0 Å². The highest BCUT2D eigenvalue weighted by Gasteiger charge is 2.17. The van der Waals surface area contributed by atoms with Gasteiger partial charge < -0.3 is 15.5 Å². The summed E-state index contributed by atoms with van der Waals surface area (Å²) in [6.07, 6.45) is 3.50. The van der Waals surface area contributed by atoms with E-state index in [0.29, 0.717) is 17.8 Å². The lowest BCUT2D eigenvalue weighted by molar-refractivity contribution is 0.683. The number of aromatic nitrogens is 3. The van der Waals surface area contributed by atoms with Crippen LogP contribution in [0.5, 0.6) is 0 Å². The van der Waals surface area contributed by atoms with Gasteiger partial charge in [0.1, 0.15) is 0 Å². The Kier molecular flexibility index (Phi) is 5.38. The molecular weight excluding hydrogens is 252 g/mol. The zero-order valence-electron chi connectivity index (χ0n) is 12.8. The van der Waals surface area contributed by atoms with E-state index in [9.17, 15) is 0 Å². The second kappa shape index (κ2) is 7.26. The van der Waals surface area contributed by atoms with Crippen molar-refractivity contribution in [2.45, 2.75) is 40.0 Å². The molecule has 2 N–H and O–H groups in total. The Morgan fingerprint density at radius 3 is 2.30 bits per heavy atom. The zero-order valence-corrected chi connectivity index (χ0v) is 12.8. The molecule has 2 rings (SSSR count). The van der Waals surface area contributed by atoms with Gasteiger partial charge in [-0.05, 0) is 25.2 Å². The number of nitrogens with zero attached hydrogens (tertiary/aromatic N) is 4. The van der Waals surface area contributed by atoms with E-state index < -0.39 is 0 Å². The molecule has 0 bridgehead atoms. The lowest BCUT2D eigenvalue weighted by Gasteiger charge is -2.17. The van der Waals surface area contributed by atoms with Gasteiger partial charge in [0.25, 0.3) is 0 Å². The third-order valence-electron chi connectivity index (χ3n) is 3.21. The molecule has 1 fully saturated rings. The first-order chi connectivity index (χ1) is 9.69. The second-order valence-electron chi connectivity index (χ2n) is 5.68. The van der Waals surface area contributed by atoms with Crippen molar-refractivity contribution in [2.75, 3.05) is 41.7 Å². The van der Waals surface area contributed by atoms with Crippen LogP contribution < -0.4 is 15.5 Å². The van der Waals surface area contributed by atoms with Crippen molar-refractivity contribution in [3.8, 4) is 0 Å². The maximum Gasteiger partial charge on any atom is 0.231 e. The molecule has 1 saturated heterocycles. The molecule has 0 aliphatic carbocycles. The summed E-state index contributed by atoms with van der Waals surface area (Å²) in [6, 6.07) is 0. The molecule has 0 amide bonds. The zero-order chi connectivity index (χ0) is 14.4. The molecule has 112 valence electrons. The van der Waals surface area contributed by atoms with Crippen molar-refractivity contribution in [2.24, 2.45) is 5.92 Å². The molecule has 6 nitrogen and oxygen atoms in total. The molecule has 0 atom stereocenters. The Balaban J connectivity index is 2.14. The van der Waals surface area contributed by atoms with Crippen molar-refractivity contribution in [3.05, 3.63) is 0 Å². The average Bonchev–Trinajstić information content (AvgIpc) is 2.97. The minimum absolute atomic E-state index is 0.564. The Labute approximate surface area is 121 Å². The maximum atomic E-state index is 4.55. The summed E-state index contributed by atoms with van der Waals surface area (Å²) in [6.45, 7) is 10.3. The van der Waals surface area contributed by atoms with Crippen LogP contribution in [0.2, 0.25) is 0 Å². The van der Waals surface area contributed by atoms with Gasteiger partial charge in [0.2, 0.25) is 17.8 Å². The predicted octanol–water partition coefficient (Wildman–Crippen LogP) is 2.36. The van der Waals surface area contributed by atoms with E-state index in [2.05, 4.69) is 51.3 Å². The molecule has 0 saturated carbocycles. The Morgan fingerprint density at radius 1 is 1.05 bits per heavy atom. The van der Waals surface area contributed by atoms with Gasteiger partial charge in [-0.15, -0.1) is 0 Å². The van der Waals surface area contributed by atoms with Crippen molar-refractivity contribution >= 4 is 17.8 Å². The highest BCUT2D eigenvalue weighted by molar-refractivity contribution is 5.44. The normalized spacial score (nSPS) is 14.9. The van der Waals surface area contributed by atoms with Gasteiger partial charge in [-0.3, -0.25) is 0 Å². The first-order valence-electron chi connectivity index (χ1n) is 7.67. The summed E-state index contributed by atoms with van der Waals surface area (Å²) < 4.78 is 0. The summed E-state index contributed by atoms with van der Waals surface area (Å²) in [5, 5.41) is 6.55. The fourth-order valence-corrected chi connectivity index (χ4v) is 2.11. The van der Waals surface area contributed by atoms with Crippen LogP contribution in [0, 0.1) is 5.92 Å². The largest absolute Gasteiger partial charge is 0.354 e. The van der Waals surface area contributed by atoms with E-state index in [1.807, 2.05) is 0 Å². The van der Waals surface area contributed by atoms with Gasteiger partial charge in [-0.25, -0.2) is 0 Å². The predicted molar refractivity (Wildman–Crippen MR) is 83.4 cm³/mol. The lowest BCUT2D eigenvalue weighted by Crippen LogP contribution is -2.23. The monoisotopic (exact) mass is 278 g/mol. The standard InChI is InChI=1S/C14H26N6/c1-4-7-15-12-17-13(16-10-11(2)3)19-14(18-12)20-8-5-6-9-20/h11H,4-10H2,1-3H3,(H2,15,16,17,18,19). The third kappa shape index (κ3) is 4.21. The van der Waals surface area contributed by atoms with Gasteiger partial charge in [0, 0.05) is 26.2 Å². The molecule has 0 spiro atoms. The molecule has 0 radical (unpaired) electrons. The minimum atomic E-state index is 0.564. The molecule has 20 heavy (non-hydrogen) atoms. The van der Waals surface area contributed by atoms with Crippen molar-refractivity contribution < 1.29 is 0 Å². The van der Waals surface area contributed by atoms with Gasteiger partial charge in [0.05, 0.1) is 0 Å². The van der Waals surface area contributed by atoms with Crippen LogP contribution >= 0.6 is 0 Å². The number of anilines is 3. The van der Waals surface area contributed by atoms with Crippen LogP contribution in [0.25, 0.3) is 0 Å². The Bertz CT molecular complexity index is 414. The molecular formula is C14H26N6. The van der Waals surface area contributed by atoms with Gasteiger partial charge in [0.15, 0.2) is 0 Å². The highest BCUT2D eigenvalue weighted by Crippen LogP contribution is 2.18. The van der Waals surface area contributed by atoms with Crippen LogP contribution in [0.15, 0.2) is 0 Å². The summed E-state index contributed by atoms with van der Waals surface area (Å²) in [7, 11) is 0. The molecule has 0 aromatic carbocycles. The number of hydrogen-bond donors (Lipinski definition) is 2. The smallest absolute Gasteiger partial charge is 0.231 e. The van der Waals surface area contributed by atoms with E-state index in [4.69, 9.17) is 0 Å². The van der Waals surface area contributed by atoms with E-state index in [1.165, 1.54) is 12.8 Å². The summed E-state index contributed by atoms with van der Waals surface area (Å²) in [4.78, 5) is 15.8. The lowest BCUT2D eigenvalue weighted by atomic mass is 10.2. The molecule has 2 heterocycles. The SMILES string of the molecule is CCCNc1nc(NCC(C)C)nc(N2CCCC2)n1. The van der Waals surface area contributed by atoms with Gasteiger partial charge >= 0.3 is 0 Å². The first kappa shape index (κ1) is 14.8. The quantitative estimate of drug-likeness (QED) is 0.798. The van der Waals surface area contributed by atoms with Crippen molar-refractivity contribution in [1.82, 2.24) is 15.0 Å². The van der Waals surface area contributed by atoms with Crippen LogP contribution in [0.1, 0.15) is 40.0 Å². The average molecular weight is 278 g/mol. The van der Waals surface area contributed by atoms with Gasteiger partial charge in [-0.2, -0.15) is 15.0 Å². The summed E-state index contributed by atoms with van der Waals surface area (Å²) >= 11 is 0. The molecule has 1 aliphatic rings. The number of nitrogens with one attached hydrogen (secondary N) is 2. The maximum absolute atomic E-state index is 4.55. The van der Waals surface area contributed by atoms with E-state index >= 15 is 0 Å². The molecule has 6 heteroatoms. The second-order valence-corrected chi connectivity index (χ2v) is 5.68. The van der Waals surface area contributed by atoms with Crippen LogP contribution in [-0.2, 0) is 0 Å². The van der Waals surface area contributed by atoms with Crippen molar-refractivity contribution in [3.63, 3.8) is 0 Å². The van der Waals surface area contributed by atoms with E-state index in [1.54, 1.807) is 0 Å². The fourth-order valence-electron chi connectivity index (χ4n) is 2.11. The van der Waals surface area contributed by atoms with Crippen molar-refractivity contribution in [1.29, 1.82) is 0 Å². The number of hydrogen-bond acceptors (Lipinski definition) is 6. The number of rotatable bonds is 7. The first-order valence-corrected chi connectivity index (χ1v) is 7.67. The molecule has 1 aromatic heterocycles. The van der Waals surface area contributed by atoms with Gasteiger partial charge in [-0.1, -0.05) is 20.8 Å². The third-order valence-corrected chi connectivity index (χ3v) is 3.21. The van der Waals surface area contributed by atoms with Crippen LogP contribution in [0.4, 0.5) is 17.8 Å². The van der Waals surface area contributed by atoms with E-state index in [0.717, 1.165) is 38.5 Å². The molecule has 1 aliphatic heterocycles. The van der Waals surface area contributed by atoms with Crippen LogP contribution in [0.3, 0.4) is 0 Å². The fraction of sp³-hybridized carbons (Fsp3) is 0.786. The Morgan fingerprint density at radius 2 is 1.70 bits per heavy atom. The molecule has 0 unspecified atom stereocenters. The van der Waals surface area contributed by atoms with E-state index in [-0.39, 0.29) is 0 Å².